The fourth-order valence-electron chi connectivity index (χ4n) is 1.19. The molecule has 1 rings (SSSR count). The molecule has 4 nitrogen and oxygen atoms in total. The summed E-state index contributed by atoms with van der Waals surface area (Å²) in [5.41, 5.74) is 1.28. The third kappa shape index (κ3) is 4.03. The first-order valence-corrected chi connectivity index (χ1v) is 6.92. The third-order valence-electron chi connectivity index (χ3n) is 2.19. The minimum Gasteiger partial charge on any atom is -0.348 e. The third-order valence-corrected chi connectivity index (χ3v) is 3.32. The first-order chi connectivity index (χ1) is 7.80. The maximum Gasteiger partial charge on any atom is 0.246 e. The molecule has 1 aromatic carbocycles. The molecule has 0 saturated heterocycles. The van der Waals surface area contributed by atoms with Crippen molar-refractivity contribution in [1.29, 1.82) is 0 Å². The second kappa shape index (κ2) is 5.14. The number of rotatable bonds is 4. The van der Waals surface area contributed by atoms with E-state index in [0.717, 1.165) is 11.8 Å². The Bertz CT molecular complexity index is 529. The Labute approximate surface area is 101 Å². The van der Waals surface area contributed by atoms with Crippen LogP contribution in [-0.2, 0) is 21.2 Å². The molecule has 0 atom stereocenters. The van der Waals surface area contributed by atoms with E-state index in [2.05, 4.69) is 11.9 Å². The fourth-order valence-corrected chi connectivity index (χ4v) is 1.82. The molecule has 0 saturated carbocycles. The summed E-state index contributed by atoms with van der Waals surface area (Å²) in [7, 11) is -3.17. The van der Waals surface area contributed by atoms with Crippen molar-refractivity contribution in [3.05, 3.63) is 42.0 Å². The van der Waals surface area contributed by atoms with Gasteiger partial charge in [0.05, 0.1) is 4.90 Å². The van der Waals surface area contributed by atoms with Crippen LogP contribution in [0.2, 0.25) is 0 Å². The van der Waals surface area contributed by atoms with Gasteiger partial charge in [-0.25, -0.2) is 8.42 Å². The number of nitrogens with one attached hydrogen (secondary N) is 1. The van der Waals surface area contributed by atoms with Gasteiger partial charge in [0.25, 0.3) is 0 Å². The molecule has 92 valence electrons. The van der Waals surface area contributed by atoms with Gasteiger partial charge < -0.3 is 5.32 Å². The van der Waals surface area contributed by atoms with Gasteiger partial charge >= 0.3 is 0 Å². The van der Waals surface area contributed by atoms with E-state index in [1.807, 2.05) is 0 Å². The van der Waals surface area contributed by atoms with E-state index in [4.69, 9.17) is 0 Å². The summed E-state index contributed by atoms with van der Waals surface area (Å²) in [5.74, 6) is -0.211. The highest BCUT2D eigenvalue weighted by Crippen LogP contribution is 2.10. The smallest absolute Gasteiger partial charge is 0.246 e. The van der Waals surface area contributed by atoms with Gasteiger partial charge in [-0.2, -0.15) is 0 Å². The molecule has 0 radical (unpaired) electrons. The lowest BCUT2D eigenvalue weighted by Gasteiger charge is -2.05. The van der Waals surface area contributed by atoms with E-state index in [9.17, 15) is 13.2 Å². The second-order valence-electron chi connectivity index (χ2n) is 3.88. The Morgan fingerprint density at radius 1 is 1.29 bits per heavy atom. The zero-order valence-electron chi connectivity index (χ0n) is 9.86. The highest BCUT2D eigenvalue weighted by atomic mass is 32.2. The Hall–Kier alpha value is -1.62. The molecule has 1 N–H and O–H groups in total. The molecule has 0 aromatic heterocycles. The van der Waals surface area contributed by atoms with Crippen molar-refractivity contribution >= 4 is 15.7 Å². The molecule has 17 heavy (non-hydrogen) atoms. The van der Waals surface area contributed by atoms with Crippen LogP contribution in [0.1, 0.15) is 12.5 Å². The van der Waals surface area contributed by atoms with Gasteiger partial charge in [-0.1, -0.05) is 18.7 Å². The molecule has 0 spiro atoms. The standard InChI is InChI=1S/C12H15NO3S/c1-9(2)12(14)13-8-10-4-6-11(7-5-10)17(3,15)16/h4-7H,1,8H2,2-3H3,(H,13,14). The summed E-state index contributed by atoms with van der Waals surface area (Å²) < 4.78 is 22.4. The van der Waals surface area contributed by atoms with E-state index < -0.39 is 9.84 Å². The number of carbonyl (C=O) groups is 1. The second-order valence-corrected chi connectivity index (χ2v) is 5.89. The average Bonchev–Trinajstić information content (AvgIpc) is 2.25. The molecule has 1 aromatic rings. The molecule has 0 fully saturated rings. The maximum absolute atomic E-state index is 11.2. The number of hydrogen-bond donors (Lipinski definition) is 1. The van der Waals surface area contributed by atoms with Crippen LogP contribution in [0, 0.1) is 0 Å². The summed E-state index contributed by atoms with van der Waals surface area (Å²) in [5, 5.41) is 2.67. The van der Waals surface area contributed by atoms with Crippen molar-refractivity contribution in [1.82, 2.24) is 5.32 Å². The van der Waals surface area contributed by atoms with Gasteiger partial charge in [0.1, 0.15) is 0 Å². The van der Waals surface area contributed by atoms with Crippen LogP contribution in [0.4, 0.5) is 0 Å². The first kappa shape index (κ1) is 13.4. The molecule has 0 bridgehead atoms. The maximum atomic E-state index is 11.2. The monoisotopic (exact) mass is 253 g/mol. The minimum absolute atomic E-state index is 0.211. The Morgan fingerprint density at radius 3 is 2.24 bits per heavy atom. The van der Waals surface area contributed by atoms with Gasteiger partial charge in [0.2, 0.25) is 5.91 Å². The van der Waals surface area contributed by atoms with Crippen LogP contribution in [0.25, 0.3) is 0 Å². The largest absolute Gasteiger partial charge is 0.348 e. The topological polar surface area (TPSA) is 63.2 Å². The molecule has 0 aliphatic heterocycles. The van der Waals surface area contributed by atoms with Crippen molar-refractivity contribution in [3.63, 3.8) is 0 Å². The summed E-state index contributed by atoms with van der Waals surface area (Å²) in [6, 6.07) is 6.40. The molecule has 0 heterocycles. The lowest BCUT2D eigenvalue weighted by atomic mass is 10.2. The SMILES string of the molecule is C=C(C)C(=O)NCc1ccc(S(C)(=O)=O)cc1. The predicted molar refractivity (Wildman–Crippen MR) is 66.2 cm³/mol. The van der Waals surface area contributed by atoms with Gasteiger partial charge in [-0.05, 0) is 24.6 Å². The number of amides is 1. The van der Waals surface area contributed by atoms with Crippen LogP contribution in [0.3, 0.4) is 0 Å². The van der Waals surface area contributed by atoms with Crippen LogP contribution in [-0.4, -0.2) is 20.6 Å². The predicted octanol–water partition coefficient (Wildman–Crippen LogP) is 1.28. The van der Waals surface area contributed by atoms with Crippen LogP contribution < -0.4 is 5.32 Å². The molecule has 0 aliphatic rings. The van der Waals surface area contributed by atoms with Crippen molar-refractivity contribution in [2.24, 2.45) is 0 Å². The van der Waals surface area contributed by atoms with E-state index in [1.54, 1.807) is 19.1 Å². The number of benzene rings is 1. The number of sulfone groups is 1. The van der Waals surface area contributed by atoms with E-state index in [1.165, 1.54) is 12.1 Å². The van der Waals surface area contributed by atoms with E-state index >= 15 is 0 Å². The van der Waals surface area contributed by atoms with Gasteiger partial charge in [0, 0.05) is 18.4 Å². The van der Waals surface area contributed by atoms with Crippen LogP contribution in [0.5, 0.6) is 0 Å². The van der Waals surface area contributed by atoms with Crippen LogP contribution >= 0.6 is 0 Å². The van der Waals surface area contributed by atoms with Gasteiger partial charge in [0.15, 0.2) is 9.84 Å². The molecule has 0 aliphatic carbocycles. The minimum atomic E-state index is -3.17. The number of carbonyl (C=O) groups excluding carboxylic acids is 1. The van der Waals surface area contributed by atoms with Crippen molar-refractivity contribution in [3.8, 4) is 0 Å². The zero-order valence-corrected chi connectivity index (χ0v) is 10.7. The highest BCUT2D eigenvalue weighted by molar-refractivity contribution is 7.90. The number of hydrogen-bond acceptors (Lipinski definition) is 3. The highest BCUT2D eigenvalue weighted by Gasteiger charge is 2.06. The molecular weight excluding hydrogens is 238 g/mol. The summed E-state index contributed by atoms with van der Waals surface area (Å²) >= 11 is 0. The van der Waals surface area contributed by atoms with Gasteiger partial charge in [-0.3, -0.25) is 4.79 Å². The molecule has 5 heteroatoms. The molecule has 0 unspecified atom stereocenters. The summed E-state index contributed by atoms with van der Waals surface area (Å²) in [6.45, 7) is 5.51. The van der Waals surface area contributed by atoms with Crippen molar-refractivity contribution in [2.45, 2.75) is 18.4 Å². The van der Waals surface area contributed by atoms with Crippen LogP contribution in [0.15, 0.2) is 41.3 Å². The van der Waals surface area contributed by atoms with E-state index in [-0.39, 0.29) is 10.8 Å². The Balaban J connectivity index is 2.70. The molecular formula is C12H15NO3S. The zero-order chi connectivity index (χ0) is 13.1. The average molecular weight is 253 g/mol. The first-order valence-electron chi connectivity index (χ1n) is 5.03. The Kier molecular flexibility index (Phi) is 4.07. The van der Waals surface area contributed by atoms with E-state index in [0.29, 0.717) is 12.1 Å². The quantitative estimate of drug-likeness (QED) is 0.822. The summed E-state index contributed by atoms with van der Waals surface area (Å²) in [6.07, 6.45) is 1.16. The lowest BCUT2D eigenvalue weighted by molar-refractivity contribution is -0.117. The van der Waals surface area contributed by atoms with Crippen molar-refractivity contribution in [2.75, 3.05) is 6.26 Å². The molecule has 1 amide bonds. The lowest BCUT2D eigenvalue weighted by Crippen LogP contribution is -2.22. The van der Waals surface area contributed by atoms with Crippen molar-refractivity contribution < 1.29 is 13.2 Å². The van der Waals surface area contributed by atoms with Gasteiger partial charge in [-0.15, -0.1) is 0 Å². The summed E-state index contributed by atoms with van der Waals surface area (Å²) in [4.78, 5) is 11.5. The Morgan fingerprint density at radius 2 is 1.82 bits per heavy atom. The fraction of sp³-hybridized carbons (Fsp3) is 0.250. The normalized spacial score (nSPS) is 10.9.